The minimum atomic E-state index is 0.0914. The van der Waals surface area contributed by atoms with Crippen LogP contribution in [-0.2, 0) is 9.53 Å². The van der Waals surface area contributed by atoms with E-state index >= 15 is 0 Å². The van der Waals surface area contributed by atoms with Gasteiger partial charge in [-0.1, -0.05) is 11.8 Å². The van der Waals surface area contributed by atoms with Gasteiger partial charge in [0.05, 0.1) is 24.0 Å². The van der Waals surface area contributed by atoms with E-state index in [1.54, 1.807) is 4.68 Å². The Morgan fingerprint density at radius 3 is 2.65 bits per heavy atom. The van der Waals surface area contributed by atoms with Crippen molar-refractivity contribution >= 4 is 17.7 Å². The summed E-state index contributed by atoms with van der Waals surface area (Å²) in [6, 6.07) is 0.186. The van der Waals surface area contributed by atoms with E-state index in [0.717, 1.165) is 0 Å². The number of amides is 1. The number of hydrogen-bond acceptors (Lipinski definition) is 6. The number of ether oxygens (including phenoxy) is 1. The molecule has 0 spiro atoms. The van der Waals surface area contributed by atoms with E-state index < -0.39 is 0 Å². The van der Waals surface area contributed by atoms with Gasteiger partial charge in [-0.05, 0) is 38.1 Å². The van der Waals surface area contributed by atoms with E-state index in [1.165, 1.54) is 11.8 Å². The predicted octanol–water partition coefficient (Wildman–Crippen LogP) is 0.982. The average Bonchev–Trinajstić information content (AvgIpc) is 2.83. The molecule has 1 aliphatic rings. The normalized spacial score (nSPS) is 23.4. The third kappa shape index (κ3) is 3.69. The van der Waals surface area contributed by atoms with Crippen LogP contribution in [0.5, 0.6) is 0 Å². The van der Waals surface area contributed by atoms with E-state index in [4.69, 9.17) is 4.74 Å². The standard InChI is InChI=1S/C12H21N5O2S/c1-8(2)17-12(13-14-15-17)20-7-11(18)16-5-9(3)19-10(4)6-16/h8-10H,5-7H2,1-4H3/t9-,10-/m0/s1. The summed E-state index contributed by atoms with van der Waals surface area (Å²) >= 11 is 1.38. The Morgan fingerprint density at radius 1 is 1.40 bits per heavy atom. The smallest absolute Gasteiger partial charge is 0.233 e. The monoisotopic (exact) mass is 299 g/mol. The number of hydrogen-bond donors (Lipinski definition) is 0. The summed E-state index contributed by atoms with van der Waals surface area (Å²) in [6.45, 7) is 9.30. The van der Waals surface area contributed by atoms with E-state index in [0.29, 0.717) is 24.0 Å². The molecular formula is C12H21N5O2S. The van der Waals surface area contributed by atoms with Crippen molar-refractivity contribution in [1.29, 1.82) is 0 Å². The topological polar surface area (TPSA) is 73.1 Å². The molecule has 0 unspecified atom stereocenters. The number of aromatic nitrogens is 4. The fourth-order valence-electron chi connectivity index (χ4n) is 2.20. The van der Waals surface area contributed by atoms with Crippen LogP contribution >= 0.6 is 11.8 Å². The summed E-state index contributed by atoms with van der Waals surface area (Å²) < 4.78 is 7.36. The van der Waals surface area contributed by atoms with Gasteiger partial charge in [0.1, 0.15) is 0 Å². The Hall–Kier alpha value is -1.15. The van der Waals surface area contributed by atoms with Crippen LogP contribution in [0.3, 0.4) is 0 Å². The minimum absolute atomic E-state index is 0.0914. The number of carbonyl (C=O) groups is 1. The largest absolute Gasteiger partial charge is 0.372 e. The molecule has 0 aromatic carbocycles. The van der Waals surface area contributed by atoms with Gasteiger partial charge < -0.3 is 9.64 Å². The molecule has 20 heavy (non-hydrogen) atoms. The fourth-order valence-corrected chi connectivity index (χ4v) is 3.11. The molecule has 0 radical (unpaired) electrons. The molecule has 112 valence electrons. The predicted molar refractivity (Wildman–Crippen MR) is 75.5 cm³/mol. The number of thioether (sulfide) groups is 1. The van der Waals surface area contributed by atoms with Crippen molar-refractivity contribution in [1.82, 2.24) is 25.1 Å². The number of rotatable bonds is 4. The maximum Gasteiger partial charge on any atom is 0.233 e. The summed E-state index contributed by atoms with van der Waals surface area (Å²) in [6.07, 6.45) is 0.183. The zero-order chi connectivity index (χ0) is 14.7. The van der Waals surface area contributed by atoms with E-state index in [2.05, 4.69) is 15.5 Å². The minimum Gasteiger partial charge on any atom is -0.372 e. The quantitative estimate of drug-likeness (QED) is 0.772. The summed E-state index contributed by atoms with van der Waals surface area (Å²) in [7, 11) is 0. The lowest BCUT2D eigenvalue weighted by Gasteiger charge is -2.35. The summed E-state index contributed by atoms with van der Waals surface area (Å²) in [5.41, 5.74) is 0. The van der Waals surface area contributed by atoms with Crippen LogP contribution in [0.25, 0.3) is 0 Å². The first-order valence-corrected chi connectivity index (χ1v) is 7.79. The Kier molecular flexibility index (Phi) is 4.98. The number of carbonyl (C=O) groups excluding carboxylic acids is 1. The van der Waals surface area contributed by atoms with Crippen molar-refractivity contribution in [2.24, 2.45) is 0 Å². The first kappa shape index (κ1) is 15.2. The maximum atomic E-state index is 12.2. The Balaban J connectivity index is 1.90. The Bertz CT molecular complexity index is 454. The lowest BCUT2D eigenvalue weighted by Crippen LogP contribution is -2.48. The second kappa shape index (κ2) is 6.53. The number of morpholine rings is 1. The van der Waals surface area contributed by atoms with E-state index in [9.17, 15) is 4.79 Å². The molecule has 8 heteroatoms. The van der Waals surface area contributed by atoms with E-state index in [1.807, 2.05) is 32.6 Å². The molecule has 1 aliphatic heterocycles. The number of nitrogens with zero attached hydrogens (tertiary/aromatic N) is 5. The fraction of sp³-hybridized carbons (Fsp3) is 0.833. The van der Waals surface area contributed by atoms with Gasteiger partial charge in [0.25, 0.3) is 0 Å². The lowest BCUT2D eigenvalue weighted by molar-refractivity contribution is -0.140. The second-order valence-electron chi connectivity index (χ2n) is 5.34. The van der Waals surface area contributed by atoms with Gasteiger partial charge in [0, 0.05) is 13.1 Å². The molecule has 1 fully saturated rings. The molecule has 1 aromatic rings. The molecule has 7 nitrogen and oxygen atoms in total. The van der Waals surface area contributed by atoms with Gasteiger partial charge in [0.15, 0.2) is 0 Å². The second-order valence-corrected chi connectivity index (χ2v) is 6.29. The lowest BCUT2D eigenvalue weighted by atomic mass is 10.2. The zero-order valence-electron chi connectivity index (χ0n) is 12.3. The van der Waals surface area contributed by atoms with Gasteiger partial charge in [0.2, 0.25) is 11.1 Å². The van der Waals surface area contributed by atoms with Gasteiger partial charge in [-0.2, -0.15) is 0 Å². The van der Waals surface area contributed by atoms with E-state index in [-0.39, 0.29) is 24.2 Å². The highest BCUT2D eigenvalue weighted by Gasteiger charge is 2.26. The third-order valence-corrected chi connectivity index (χ3v) is 3.97. The molecular weight excluding hydrogens is 278 g/mol. The summed E-state index contributed by atoms with van der Waals surface area (Å²) in [5.74, 6) is 0.460. The summed E-state index contributed by atoms with van der Waals surface area (Å²) in [5, 5.41) is 12.2. The van der Waals surface area contributed by atoms with Crippen LogP contribution in [0.1, 0.15) is 33.7 Å². The molecule has 0 N–H and O–H groups in total. The third-order valence-electron chi connectivity index (χ3n) is 3.05. The highest BCUT2D eigenvalue weighted by molar-refractivity contribution is 7.99. The molecule has 2 heterocycles. The van der Waals surface area contributed by atoms with Crippen LogP contribution in [0, 0.1) is 0 Å². The molecule has 1 aromatic heterocycles. The van der Waals surface area contributed by atoms with Gasteiger partial charge in [-0.25, -0.2) is 4.68 Å². The molecule has 0 bridgehead atoms. The molecule has 0 saturated carbocycles. The van der Waals surface area contributed by atoms with Crippen LogP contribution in [-0.4, -0.2) is 62.1 Å². The first-order chi connectivity index (χ1) is 9.47. The molecule has 1 saturated heterocycles. The van der Waals surface area contributed by atoms with Gasteiger partial charge in [-0.3, -0.25) is 4.79 Å². The Labute approximate surface area is 123 Å². The highest BCUT2D eigenvalue weighted by Crippen LogP contribution is 2.19. The zero-order valence-corrected chi connectivity index (χ0v) is 13.1. The average molecular weight is 299 g/mol. The molecule has 2 rings (SSSR count). The van der Waals surface area contributed by atoms with Crippen LogP contribution in [0.15, 0.2) is 5.16 Å². The number of tetrazole rings is 1. The van der Waals surface area contributed by atoms with Crippen LogP contribution in [0.4, 0.5) is 0 Å². The first-order valence-electron chi connectivity index (χ1n) is 6.81. The van der Waals surface area contributed by atoms with Crippen molar-refractivity contribution in [3.8, 4) is 0 Å². The van der Waals surface area contributed by atoms with Crippen molar-refractivity contribution in [3.63, 3.8) is 0 Å². The molecule has 2 atom stereocenters. The van der Waals surface area contributed by atoms with Crippen molar-refractivity contribution in [2.75, 3.05) is 18.8 Å². The summed E-state index contributed by atoms with van der Waals surface area (Å²) in [4.78, 5) is 14.1. The highest BCUT2D eigenvalue weighted by atomic mass is 32.2. The molecule has 0 aliphatic carbocycles. The maximum absolute atomic E-state index is 12.2. The van der Waals surface area contributed by atoms with Gasteiger partial charge in [-0.15, -0.1) is 5.10 Å². The van der Waals surface area contributed by atoms with Crippen molar-refractivity contribution < 1.29 is 9.53 Å². The van der Waals surface area contributed by atoms with Crippen molar-refractivity contribution in [3.05, 3.63) is 0 Å². The SMILES string of the molecule is CC(C)n1nnnc1SCC(=O)N1C[C@H](C)O[C@@H](C)C1. The van der Waals surface area contributed by atoms with Gasteiger partial charge >= 0.3 is 0 Å². The molecule has 1 amide bonds. The van der Waals surface area contributed by atoms with Crippen molar-refractivity contribution in [2.45, 2.75) is 51.1 Å². The van der Waals surface area contributed by atoms with Crippen LogP contribution in [0.2, 0.25) is 0 Å². The van der Waals surface area contributed by atoms with Crippen LogP contribution < -0.4 is 0 Å². The Morgan fingerprint density at radius 2 is 2.05 bits per heavy atom.